The molecule has 1 unspecified atom stereocenters. The predicted molar refractivity (Wildman–Crippen MR) is 73.0 cm³/mol. The third-order valence-corrected chi connectivity index (χ3v) is 3.01. The van der Waals surface area contributed by atoms with E-state index in [-0.39, 0.29) is 11.6 Å². The van der Waals surface area contributed by atoms with Crippen molar-refractivity contribution in [2.45, 2.75) is 24.8 Å². The topological polar surface area (TPSA) is 42.2 Å². The van der Waals surface area contributed by atoms with Crippen LogP contribution in [0, 0.1) is 12.7 Å². The van der Waals surface area contributed by atoms with Gasteiger partial charge in [-0.3, -0.25) is 4.79 Å². The fourth-order valence-electron chi connectivity index (χ4n) is 1.72. The van der Waals surface area contributed by atoms with E-state index < -0.39 is 11.7 Å². The molecule has 0 saturated heterocycles. The lowest BCUT2D eigenvalue weighted by Gasteiger charge is -2.12. The number of thiol groups is 1. The normalized spacial score (nSPS) is 12.2. The van der Waals surface area contributed by atoms with Gasteiger partial charge in [0.2, 0.25) is 0 Å². The minimum Gasteiger partial charge on any atom is -0.464 e. The van der Waals surface area contributed by atoms with Gasteiger partial charge in [0.15, 0.2) is 0 Å². The highest BCUT2D eigenvalue weighted by atomic mass is 32.1. The van der Waals surface area contributed by atoms with Crippen molar-refractivity contribution in [3.63, 3.8) is 0 Å². The van der Waals surface area contributed by atoms with Crippen molar-refractivity contribution in [1.82, 2.24) is 5.32 Å². The van der Waals surface area contributed by atoms with E-state index in [0.29, 0.717) is 10.7 Å². The van der Waals surface area contributed by atoms with Gasteiger partial charge in [-0.1, -0.05) is 0 Å². The molecule has 0 aliphatic heterocycles. The van der Waals surface area contributed by atoms with E-state index in [1.807, 2.05) is 13.0 Å². The van der Waals surface area contributed by atoms with E-state index in [0.717, 1.165) is 5.76 Å². The van der Waals surface area contributed by atoms with E-state index in [4.69, 9.17) is 4.42 Å². The van der Waals surface area contributed by atoms with Crippen molar-refractivity contribution in [1.29, 1.82) is 0 Å². The fourth-order valence-corrected chi connectivity index (χ4v) is 1.92. The number of halogens is 1. The standard InChI is InChI=1S/C14H14FNO2S/c1-8-3-6-13(18-8)9(2)16-14(17)11-7-10(19)4-5-12(11)15/h3-7,9,19H,1-2H3,(H,16,17). The molecule has 19 heavy (non-hydrogen) atoms. The average molecular weight is 279 g/mol. The Kier molecular flexibility index (Phi) is 3.95. The summed E-state index contributed by atoms with van der Waals surface area (Å²) >= 11 is 4.09. The van der Waals surface area contributed by atoms with Gasteiger partial charge >= 0.3 is 0 Å². The molecular formula is C14H14FNO2S. The Morgan fingerprint density at radius 3 is 2.74 bits per heavy atom. The number of benzene rings is 1. The molecule has 0 bridgehead atoms. The van der Waals surface area contributed by atoms with E-state index in [9.17, 15) is 9.18 Å². The van der Waals surface area contributed by atoms with Crippen LogP contribution in [0.5, 0.6) is 0 Å². The molecule has 1 atom stereocenters. The smallest absolute Gasteiger partial charge is 0.254 e. The first-order chi connectivity index (χ1) is 8.97. The van der Waals surface area contributed by atoms with Gasteiger partial charge < -0.3 is 9.73 Å². The van der Waals surface area contributed by atoms with Crippen LogP contribution in [0.2, 0.25) is 0 Å². The van der Waals surface area contributed by atoms with Crippen LogP contribution in [-0.4, -0.2) is 5.91 Å². The van der Waals surface area contributed by atoms with Crippen molar-refractivity contribution in [3.8, 4) is 0 Å². The SMILES string of the molecule is Cc1ccc(C(C)NC(=O)c2cc(S)ccc2F)o1. The van der Waals surface area contributed by atoms with Crippen LogP contribution in [0.25, 0.3) is 0 Å². The van der Waals surface area contributed by atoms with Crippen molar-refractivity contribution >= 4 is 18.5 Å². The first kappa shape index (κ1) is 13.7. The van der Waals surface area contributed by atoms with E-state index >= 15 is 0 Å². The van der Waals surface area contributed by atoms with Crippen LogP contribution in [0.1, 0.15) is 34.8 Å². The first-order valence-corrected chi connectivity index (χ1v) is 6.28. The van der Waals surface area contributed by atoms with Crippen LogP contribution in [0.4, 0.5) is 4.39 Å². The maximum Gasteiger partial charge on any atom is 0.254 e. The van der Waals surface area contributed by atoms with Crippen LogP contribution in [0.15, 0.2) is 39.6 Å². The highest BCUT2D eigenvalue weighted by Gasteiger charge is 2.17. The number of hydrogen-bond acceptors (Lipinski definition) is 3. The van der Waals surface area contributed by atoms with E-state index in [1.54, 1.807) is 13.0 Å². The van der Waals surface area contributed by atoms with Crippen molar-refractivity contribution < 1.29 is 13.6 Å². The fraction of sp³-hybridized carbons (Fsp3) is 0.214. The number of carbonyl (C=O) groups excluding carboxylic acids is 1. The lowest BCUT2D eigenvalue weighted by molar-refractivity contribution is 0.0931. The predicted octanol–water partition coefficient (Wildman–Crippen LogP) is 3.51. The number of amides is 1. The number of carbonyl (C=O) groups is 1. The molecular weight excluding hydrogens is 265 g/mol. The molecule has 100 valence electrons. The van der Waals surface area contributed by atoms with E-state index in [1.165, 1.54) is 18.2 Å². The highest BCUT2D eigenvalue weighted by molar-refractivity contribution is 7.80. The summed E-state index contributed by atoms with van der Waals surface area (Å²) in [4.78, 5) is 12.5. The quantitative estimate of drug-likeness (QED) is 0.844. The van der Waals surface area contributed by atoms with Gasteiger partial charge in [0.25, 0.3) is 5.91 Å². The minimum atomic E-state index is -0.571. The molecule has 1 heterocycles. The van der Waals surface area contributed by atoms with Gasteiger partial charge in [0.05, 0.1) is 11.6 Å². The first-order valence-electron chi connectivity index (χ1n) is 5.83. The second-order valence-electron chi connectivity index (χ2n) is 4.31. The zero-order valence-corrected chi connectivity index (χ0v) is 11.5. The minimum absolute atomic E-state index is 0.0253. The van der Waals surface area contributed by atoms with Crippen molar-refractivity contribution in [3.05, 3.63) is 53.2 Å². The molecule has 2 rings (SSSR count). The molecule has 0 fully saturated rings. The van der Waals surface area contributed by atoms with Gasteiger partial charge in [-0.2, -0.15) is 0 Å². The average Bonchev–Trinajstić information content (AvgIpc) is 2.79. The molecule has 0 aliphatic rings. The second kappa shape index (κ2) is 5.48. The summed E-state index contributed by atoms with van der Waals surface area (Å²) in [5.41, 5.74) is -0.0253. The van der Waals surface area contributed by atoms with Crippen LogP contribution >= 0.6 is 12.6 Å². The van der Waals surface area contributed by atoms with Gasteiger partial charge in [0.1, 0.15) is 17.3 Å². The van der Waals surface area contributed by atoms with Crippen molar-refractivity contribution in [2.75, 3.05) is 0 Å². The van der Waals surface area contributed by atoms with Gasteiger partial charge in [-0.15, -0.1) is 12.6 Å². The summed E-state index contributed by atoms with van der Waals surface area (Å²) in [7, 11) is 0. The highest BCUT2D eigenvalue weighted by Crippen LogP contribution is 2.18. The summed E-state index contributed by atoms with van der Waals surface area (Å²) in [6, 6.07) is 7.38. The number of aryl methyl sites for hydroxylation is 1. The monoisotopic (exact) mass is 279 g/mol. The number of furan rings is 1. The number of nitrogens with one attached hydrogen (secondary N) is 1. The molecule has 1 amide bonds. The molecule has 1 aromatic carbocycles. The zero-order chi connectivity index (χ0) is 14.0. The number of hydrogen-bond donors (Lipinski definition) is 2. The summed E-state index contributed by atoms with van der Waals surface area (Å²) in [5, 5.41) is 2.69. The summed E-state index contributed by atoms with van der Waals surface area (Å²) in [6.45, 7) is 3.60. The third-order valence-electron chi connectivity index (χ3n) is 2.73. The Balaban J connectivity index is 2.15. The molecule has 3 nitrogen and oxygen atoms in total. The Labute approximate surface area is 116 Å². The maximum atomic E-state index is 13.6. The van der Waals surface area contributed by atoms with Crippen LogP contribution in [0.3, 0.4) is 0 Å². The Hall–Kier alpha value is -1.75. The molecule has 5 heteroatoms. The van der Waals surface area contributed by atoms with Crippen LogP contribution in [-0.2, 0) is 0 Å². The van der Waals surface area contributed by atoms with Gasteiger partial charge in [-0.05, 0) is 44.2 Å². The Bertz CT molecular complexity index is 609. The van der Waals surface area contributed by atoms with Crippen LogP contribution < -0.4 is 5.32 Å². The largest absolute Gasteiger partial charge is 0.464 e. The summed E-state index contributed by atoms with van der Waals surface area (Å²) < 4.78 is 19.0. The van der Waals surface area contributed by atoms with Crippen molar-refractivity contribution in [2.24, 2.45) is 0 Å². The summed E-state index contributed by atoms with van der Waals surface area (Å²) in [5.74, 6) is 0.334. The van der Waals surface area contributed by atoms with Gasteiger partial charge in [0, 0.05) is 4.90 Å². The molecule has 0 radical (unpaired) electrons. The van der Waals surface area contributed by atoms with E-state index in [2.05, 4.69) is 17.9 Å². The molecule has 0 spiro atoms. The lowest BCUT2D eigenvalue weighted by Crippen LogP contribution is -2.27. The summed E-state index contributed by atoms with van der Waals surface area (Å²) in [6.07, 6.45) is 0. The molecule has 2 aromatic rings. The number of rotatable bonds is 3. The lowest BCUT2D eigenvalue weighted by atomic mass is 10.1. The third kappa shape index (κ3) is 3.17. The molecule has 0 aliphatic carbocycles. The maximum absolute atomic E-state index is 13.6. The van der Waals surface area contributed by atoms with Gasteiger partial charge in [-0.25, -0.2) is 4.39 Å². The Morgan fingerprint density at radius 2 is 2.11 bits per heavy atom. The Morgan fingerprint density at radius 1 is 1.37 bits per heavy atom. The molecule has 0 saturated carbocycles. The molecule has 1 aromatic heterocycles. The molecule has 1 N–H and O–H groups in total. The zero-order valence-electron chi connectivity index (χ0n) is 10.6. The second-order valence-corrected chi connectivity index (χ2v) is 4.82.